The second-order valence-electron chi connectivity index (χ2n) is 5.81. The molecular weight excluding hydrogens is 418 g/mol. The van der Waals surface area contributed by atoms with Crippen molar-refractivity contribution in [3.8, 4) is 11.5 Å². The Hall–Kier alpha value is -3.18. The highest BCUT2D eigenvalue weighted by Crippen LogP contribution is 2.26. The zero-order valence-electron chi connectivity index (χ0n) is 15.2. The second kappa shape index (κ2) is 9.67. The first-order chi connectivity index (χ1) is 13.6. The van der Waals surface area contributed by atoms with Gasteiger partial charge in [0, 0.05) is 16.8 Å². The summed E-state index contributed by atoms with van der Waals surface area (Å²) in [5, 5.41) is 0. The molecule has 0 heterocycles. The molecule has 3 rings (SSSR count). The van der Waals surface area contributed by atoms with E-state index < -0.39 is 5.97 Å². The number of carbonyl (C=O) groups is 1. The van der Waals surface area contributed by atoms with Crippen LogP contribution in [0.2, 0.25) is 0 Å². The number of hydrogen-bond donors (Lipinski definition) is 0. The van der Waals surface area contributed by atoms with E-state index in [1.807, 2.05) is 60.7 Å². The third kappa shape index (κ3) is 5.66. The monoisotopic (exact) mass is 435 g/mol. The van der Waals surface area contributed by atoms with Gasteiger partial charge in [-0.3, -0.25) is 4.99 Å². The molecule has 0 saturated heterocycles. The summed E-state index contributed by atoms with van der Waals surface area (Å²) < 4.78 is 11.6. The minimum absolute atomic E-state index is 0.432. The van der Waals surface area contributed by atoms with Crippen LogP contribution in [0.1, 0.15) is 11.1 Å². The number of methoxy groups -OCH3 is 1. The minimum Gasteiger partial charge on any atom is -0.494 e. The van der Waals surface area contributed by atoms with Gasteiger partial charge in [0.15, 0.2) is 0 Å². The summed E-state index contributed by atoms with van der Waals surface area (Å²) in [6.07, 6.45) is 4.85. The highest BCUT2D eigenvalue weighted by molar-refractivity contribution is 9.10. The second-order valence-corrected chi connectivity index (χ2v) is 6.72. The number of ether oxygens (including phenoxy) is 2. The molecule has 5 heteroatoms. The molecule has 0 fully saturated rings. The molecule has 4 nitrogen and oxygen atoms in total. The topological polar surface area (TPSA) is 47.9 Å². The molecule has 0 aliphatic rings. The van der Waals surface area contributed by atoms with Gasteiger partial charge in [-0.25, -0.2) is 4.79 Å². The van der Waals surface area contributed by atoms with Crippen molar-refractivity contribution in [2.24, 2.45) is 4.99 Å². The Balaban J connectivity index is 1.60. The lowest BCUT2D eigenvalue weighted by Gasteiger charge is -2.03. The molecule has 0 radical (unpaired) electrons. The van der Waals surface area contributed by atoms with Crippen molar-refractivity contribution in [3.63, 3.8) is 0 Å². The zero-order valence-corrected chi connectivity index (χ0v) is 16.8. The Labute approximate surface area is 172 Å². The van der Waals surface area contributed by atoms with Gasteiger partial charge >= 0.3 is 5.97 Å². The normalized spacial score (nSPS) is 11.1. The van der Waals surface area contributed by atoms with Crippen LogP contribution in [0.15, 0.2) is 88.3 Å². The number of hydrogen-bond acceptors (Lipinski definition) is 4. The maximum absolute atomic E-state index is 12.0. The Morgan fingerprint density at radius 2 is 1.61 bits per heavy atom. The van der Waals surface area contributed by atoms with Crippen LogP contribution in [0.4, 0.5) is 5.69 Å². The molecule has 28 heavy (non-hydrogen) atoms. The van der Waals surface area contributed by atoms with Crippen LogP contribution in [0.3, 0.4) is 0 Å². The third-order valence-electron chi connectivity index (χ3n) is 3.82. The highest BCUT2D eigenvalue weighted by Gasteiger charge is 2.01. The van der Waals surface area contributed by atoms with Crippen molar-refractivity contribution in [2.75, 3.05) is 7.11 Å². The average Bonchev–Trinajstić information content (AvgIpc) is 2.73. The number of para-hydroxylation sites is 2. The molecule has 0 atom stereocenters. The molecule has 0 bridgehead atoms. The summed E-state index contributed by atoms with van der Waals surface area (Å²) in [5.41, 5.74) is 2.55. The molecular formula is C23H18BrNO3. The zero-order chi connectivity index (χ0) is 19.8. The molecule has 3 aromatic rings. The fourth-order valence-electron chi connectivity index (χ4n) is 2.39. The largest absolute Gasteiger partial charge is 0.494 e. The number of esters is 1. The van der Waals surface area contributed by atoms with Crippen LogP contribution in [-0.2, 0) is 4.79 Å². The maximum Gasteiger partial charge on any atom is 0.336 e. The number of benzene rings is 3. The Kier molecular flexibility index (Phi) is 6.76. The van der Waals surface area contributed by atoms with Gasteiger partial charge in [0.1, 0.15) is 17.2 Å². The van der Waals surface area contributed by atoms with E-state index in [1.165, 1.54) is 6.08 Å². The highest BCUT2D eigenvalue weighted by atomic mass is 79.9. The van der Waals surface area contributed by atoms with Gasteiger partial charge in [-0.05, 0) is 65.7 Å². The van der Waals surface area contributed by atoms with Crippen LogP contribution >= 0.6 is 15.9 Å². The predicted octanol–water partition coefficient (Wildman–Crippen LogP) is 5.83. The summed E-state index contributed by atoms with van der Waals surface area (Å²) in [6, 6.07) is 22.3. The first-order valence-electron chi connectivity index (χ1n) is 8.56. The SMILES string of the molecule is COc1ccccc1N=Cc1ccc(OC(=O)/C=C/c2ccc(Br)cc2)cc1. The number of halogens is 1. The lowest BCUT2D eigenvalue weighted by atomic mass is 10.2. The molecule has 0 unspecified atom stereocenters. The van der Waals surface area contributed by atoms with Crippen molar-refractivity contribution >= 4 is 39.9 Å². The third-order valence-corrected chi connectivity index (χ3v) is 4.35. The van der Waals surface area contributed by atoms with Crippen molar-refractivity contribution < 1.29 is 14.3 Å². The van der Waals surface area contributed by atoms with Gasteiger partial charge in [0.05, 0.1) is 7.11 Å². The van der Waals surface area contributed by atoms with Crippen molar-refractivity contribution in [1.82, 2.24) is 0 Å². The van der Waals surface area contributed by atoms with Gasteiger partial charge in [0.2, 0.25) is 0 Å². The van der Waals surface area contributed by atoms with Gasteiger partial charge in [0.25, 0.3) is 0 Å². The Bertz CT molecular complexity index is 993. The van der Waals surface area contributed by atoms with Gasteiger partial charge in [-0.2, -0.15) is 0 Å². The lowest BCUT2D eigenvalue weighted by molar-refractivity contribution is -0.128. The van der Waals surface area contributed by atoms with E-state index in [9.17, 15) is 4.79 Å². The van der Waals surface area contributed by atoms with Crippen LogP contribution in [0.25, 0.3) is 6.08 Å². The van der Waals surface area contributed by atoms with Gasteiger partial charge in [-0.15, -0.1) is 0 Å². The first-order valence-corrected chi connectivity index (χ1v) is 9.36. The standard InChI is InChI=1S/C23H18BrNO3/c1-27-22-5-3-2-4-21(22)25-16-18-8-13-20(14-9-18)28-23(26)15-10-17-6-11-19(24)12-7-17/h2-16H,1H3/b15-10+,25-16?. The summed E-state index contributed by atoms with van der Waals surface area (Å²) >= 11 is 3.38. The van der Waals surface area contributed by atoms with Crippen molar-refractivity contribution in [2.45, 2.75) is 0 Å². The summed E-state index contributed by atoms with van der Waals surface area (Å²) in [5.74, 6) is 0.750. The van der Waals surface area contributed by atoms with E-state index in [4.69, 9.17) is 9.47 Å². The number of aliphatic imine (C=N–C) groups is 1. The molecule has 0 aliphatic heterocycles. The van der Waals surface area contributed by atoms with E-state index in [0.717, 1.165) is 21.3 Å². The number of rotatable bonds is 6. The predicted molar refractivity (Wildman–Crippen MR) is 116 cm³/mol. The van der Waals surface area contributed by atoms with E-state index in [2.05, 4.69) is 20.9 Å². The van der Waals surface area contributed by atoms with Crippen LogP contribution < -0.4 is 9.47 Å². The van der Waals surface area contributed by atoms with Crippen LogP contribution in [-0.4, -0.2) is 19.3 Å². The average molecular weight is 436 g/mol. The minimum atomic E-state index is -0.432. The number of carbonyl (C=O) groups excluding carboxylic acids is 1. The van der Waals surface area contributed by atoms with Crippen molar-refractivity contribution in [3.05, 3.63) is 94.5 Å². The number of nitrogens with zero attached hydrogens (tertiary/aromatic N) is 1. The molecule has 0 spiro atoms. The summed E-state index contributed by atoms with van der Waals surface area (Å²) in [7, 11) is 1.61. The Morgan fingerprint density at radius 1 is 0.929 bits per heavy atom. The molecule has 3 aromatic carbocycles. The van der Waals surface area contributed by atoms with Gasteiger partial charge < -0.3 is 9.47 Å². The lowest BCUT2D eigenvalue weighted by Crippen LogP contribution is -2.03. The van der Waals surface area contributed by atoms with E-state index in [1.54, 1.807) is 31.5 Å². The smallest absolute Gasteiger partial charge is 0.336 e. The fraction of sp³-hybridized carbons (Fsp3) is 0.0435. The summed E-state index contributed by atoms with van der Waals surface area (Å²) in [6.45, 7) is 0. The van der Waals surface area contributed by atoms with E-state index in [-0.39, 0.29) is 0 Å². The van der Waals surface area contributed by atoms with Crippen LogP contribution in [0.5, 0.6) is 11.5 Å². The molecule has 0 N–H and O–H groups in total. The van der Waals surface area contributed by atoms with Crippen molar-refractivity contribution in [1.29, 1.82) is 0 Å². The van der Waals surface area contributed by atoms with E-state index >= 15 is 0 Å². The molecule has 0 aromatic heterocycles. The first kappa shape index (κ1) is 19.6. The summed E-state index contributed by atoms with van der Waals surface area (Å²) in [4.78, 5) is 16.4. The fourth-order valence-corrected chi connectivity index (χ4v) is 2.66. The molecule has 140 valence electrons. The molecule has 0 amide bonds. The molecule has 0 aliphatic carbocycles. The molecule has 0 saturated carbocycles. The van der Waals surface area contributed by atoms with Crippen LogP contribution in [0, 0.1) is 0 Å². The Morgan fingerprint density at radius 3 is 2.32 bits per heavy atom. The van der Waals surface area contributed by atoms with Gasteiger partial charge in [-0.1, -0.05) is 40.2 Å². The maximum atomic E-state index is 12.0. The quantitative estimate of drug-likeness (QED) is 0.212. The van der Waals surface area contributed by atoms with E-state index in [0.29, 0.717) is 11.5 Å².